The predicted octanol–water partition coefficient (Wildman–Crippen LogP) is 4.38. The smallest absolute Gasteiger partial charge is 0.191 e. The van der Waals surface area contributed by atoms with Crippen molar-refractivity contribution in [3.63, 3.8) is 0 Å². The van der Waals surface area contributed by atoms with Gasteiger partial charge in [0.1, 0.15) is 0 Å². The molecule has 2 aromatic carbocycles. The zero-order valence-electron chi connectivity index (χ0n) is 16.4. The van der Waals surface area contributed by atoms with Gasteiger partial charge in [-0.05, 0) is 35.7 Å². The van der Waals surface area contributed by atoms with Crippen LogP contribution in [0.15, 0.2) is 53.5 Å². The van der Waals surface area contributed by atoms with Gasteiger partial charge in [0.15, 0.2) is 5.96 Å². The van der Waals surface area contributed by atoms with Crippen LogP contribution in [0.25, 0.3) is 0 Å². The minimum atomic E-state index is 0. The first-order chi connectivity index (χ1) is 13.2. The summed E-state index contributed by atoms with van der Waals surface area (Å²) >= 11 is 5.91. The first kappa shape index (κ1) is 24.7. The lowest BCUT2D eigenvalue weighted by atomic mass is 10.1. The molecular weight excluding hydrogens is 489 g/mol. The van der Waals surface area contributed by atoms with Crippen LogP contribution in [-0.4, -0.2) is 32.8 Å². The quantitative estimate of drug-likeness (QED) is 0.213. The van der Waals surface area contributed by atoms with Gasteiger partial charge in [-0.2, -0.15) is 0 Å². The van der Waals surface area contributed by atoms with Gasteiger partial charge in [-0.25, -0.2) is 0 Å². The fourth-order valence-corrected chi connectivity index (χ4v) is 2.60. The molecule has 0 aromatic heterocycles. The third kappa shape index (κ3) is 9.73. The lowest BCUT2D eigenvalue weighted by molar-refractivity contribution is 0.0453. The highest BCUT2D eigenvalue weighted by Gasteiger charge is 2.01. The van der Waals surface area contributed by atoms with Crippen LogP contribution in [-0.2, 0) is 29.2 Å². The van der Waals surface area contributed by atoms with E-state index in [0.717, 1.165) is 28.7 Å². The molecule has 0 radical (unpaired) electrons. The largest absolute Gasteiger partial charge is 0.379 e. The van der Waals surface area contributed by atoms with E-state index < -0.39 is 0 Å². The van der Waals surface area contributed by atoms with E-state index in [1.54, 1.807) is 7.05 Å². The van der Waals surface area contributed by atoms with E-state index in [9.17, 15) is 0 Å². The maximum absolute atomic E-state index is 5.91. The van der Waals surface area contributed by atoms with E-state index >= 15 is 0 Å². The Labute approximate surface area is 189 Å². The Morgan fingerprint density at radius 1 is 0.929 bits per heavy atom. The van der Waals surface area contributed by atoms with Crippen molar-refractivity contribution in [2.75, 3.05) is 26.9 Å². The Balaban J connectivity index is 0.00000392. The fourth-order valence-electron chi connectivity index (χ4n) is 2.48. The average molecular weight is 518 g/mol. The van der Waals surface area contributed by atoms with Crippen molar-refractivity contribution in [2.24, 2.45) is 4.99 Å². The lowest BCUT2D eigenvalue weighted by Gasteiger charge is -2.13. The second kappa shape index (κ2) is 14.6. The molecule has 0 saturated carbocycles. The molecule has 2 aromatic rings. The first-order valence-corrected chi connectivity index (χ1v) is 9.51. The van der Waals surface area contributed by atoms with Crippen molar-refractivity contribution in [1.29, 1.82) is 0 Å². The molecule has 0 unspecified atom stereocenters. The summed E-state index contributed by atoms with van der Waals surface area (Å²) in [6.45, 7) is 5.90. The van der Waals surface area contributed by atoms with Gasteiger partial charge >= 0.3 is 0 Å². The zero-order chi connectivity index (χ0) is 19.3. The van der Waals surface area contributed by atoms with Gasteiger partial charge in [-0.15, -0.1) is 24.0 Å². The van der Waals surface area contributed by atoms with Crippen molar-refractivity contribution in [3.8, 4) is 0 Å². The number of rotatable bonds is 10. The second-order valence-corrected chi connectivity index (χ2v) is 6.41. The molecule has 0 amide bonds. The van der Waals surface area contributed by atoms with Gasteiger partial charge < -0.3 is 20.1 Å². The maximum atomic E-state index is 5.91. The zero-order valence-corrected chi connectivity index (χ0v) is 19.5. The summed E-state index contributed by atoms with van der Waals surface area (Å²) in [6, 6.07) is 16.1. The Bertz CT molecular complexity index is 711. The third-order valence-corrected chi connectivity index (χ3v) is 4.15. The highest BCUT2D eigenvalue weighted by atomic mass is 127. The van der Waals surface area contributed by atoms with E-state index in [1.165, 1.54) is 5.56 Å². The summed E-state index contributed by atoms with van der Waals surface area (Å²) in [4.78, 5) is 4.27. The van der Waals surface area contributed by atoms with Crippen LogP contribution in [0.2, 0.25) is 5.02 Å². The standard InChI is InChI=1S/C21H28ClN3O2.HI/c1-3-26-11-12-27-16-19-6-4-5-18(13-19)15-25-21(23-2)24-14-17-7-9-20(22)10-8-17;/h4-10,13H,3,11-12,14-16H2,1-2H3,(H2,23,24,25);1H. The highest BCUT2D eigenvalue weighted by Crippen LogP contribution is 2.09. The number of nitrogens with zero attached hydrogens (tertiary/aromatic N) is 1. The number of guanidine groups is 1. The van der Waals surface area contributed by atoms with Gasteiger partial charge in [0.25, 0.3) is 0 Å². The van der Waals surface area contributed by atoms with Gasteiger partial charge in [0.2, 0.25) is 0 Å². The Hall–Kier alpha value is -1.35. The molecule has 0 heterocycles. The third-order valence-electron chi connectivity index (χ3n) is 3.89. The summed E-state index contributed by atoms with van der Waals surface area (Å²) in [5.74, 6) is 0.753. The second-order valence-electron chi connectivity index (χ2n) is 5.98. The molecule has 0 spiro atoms. The topological polar surface area (TPSA) is 54.9 Å². The number of hydrogen-bond donors (Lipinski definition) is 2. The molecule has 0 aliphatic rings. The molecule has 2 rings (SSSR count). The van der Waals surface area contributed by atoms with E-state index in [1.807, 2.05) is 37.3 Å². The van der Waals surface area contributed by atoms with E-state index in [2.05, 4.69) is 33.8 Å². The molecule has 0 aliphatic heterocycles. The van der Waals surface area contributed by atoms with Crippen molar-refractivity contribution >= 4 is 41.5 Å². The number of nitrogens with one attached hydrogen (secondary N) is 2. The molecule has 2 N–H and O–H groups in total. The van der Waals surface area contributed by atoms with Crippen LogP contribution in [0.5, 0.6) is 0 Å². The number of ether oxygens (including phenoxy) is 2. The molecule has 0 fully saturated rings. The van der Waals surface area contributed by atoms with Crippen LogP contribution >= 0.6 is 35.6 Å². The average Bonchev–Trinajstić information content (AvgIpc) is 2.69. The summed E-state index contributed by atoms with van der Waals surface area (Å²) in [5.41, 5.74) is 3.47. The van der Waals surface area contributed by atoms with Crippen LogP contribution in [0.1, 0.15) is 23.6 Å². The molecule has 0 bridgehead atoms. The van der Waals surface area contributed by atoms with Crippen molar-refractivity contribution in [3.05, 3.63) is 70.2 Å². The van der Waals surface area contributed by atoms with E-state index in [4.69, 9.17) is 21.1 Å². The Kier molecular flexibility index (Phi) is 12.9. The molecular formula is C21H29ClIN3O2. The summed E-state index contributed by atoms with van der Waals surface area (Å²) in [6.07, 6.45) is 0. The van der Waals surface area contributed by atoms with Gasteiger partial charge in [-0.1, -0.05) is 48.0 Å². The van der Waals surface area contributed by atoms with Crippen LogP contribution in [0.3, 0.4) is 0 Å². The molecule has 0 aliphatic carbocycles. The van der Waals surface area contributed by atoms with Gasteiger partial charge in [-0.3, -0.25) is 4.99 Å². The van der Waals surface area contributed by atoms with Crippen molar-refractivity contribution in [2.45, 2.75) is 26.6 Å². The van der Waals surface area contributed by atoms with Crippen molar-refractivity contribution in [1.82, 2.24) is 10.6 Å². The molecule has 154 valence electrons. The van der Waals surface area contributed by atoms with Crippen LogP contribution in [0, 0.1) is 0 Å². The highest BCUT2D eigenvalue weighted by molar-refractivity contribution is 14.0. The normalized spacial score (nSPS) is 11.0. The molecule has 28 heavy (non-hydrogen) atoms. The molecule has 0 saturated heterocycles. The predicted molar refractivity (Wildman–Crippen MR) is 126 cm³/mol. The minimum absolute atomic E-state index is 0. The van der Waals surface area contributed by atoms with E-state index in [-0.39, 0.29) is 24.0 Å². The summed E-state index contributed by atoms with van der Waals surface area (Å²) in [7, 11) is 1.76. The van der Waals surface area contributed by atoms with Crippen LogP contribution in [0.4, 0.5) is 0 Å². The number of hydrogen-bond acceptors (Lipinski definition) is 3. The van der Waals surface area contributed by atoms with Crippen LogP contribution < -0.4 is 10.6 Å². The van der Waals surface area contributed by atoms with Gasteiger partial charge in [0, 0.05) is 31.8 Å². The number of halogens is 2. The Morgan fingerprint density at radius 3 is 2.25 bits per heavy atom. The monoisotopic (exact) mass is 517 g/mol. The fraction of sp³-hybridized carbons (Fsp3) is 0.381. The van der Waals surface area contributed by atoms with E-state index in [0.29, 0.717) is 32.9 Å². The molecule has 7 heteroatoms. The Morgan fingerprint density at radius 2 is 1.57 bits per heavy atom. The van der Waals surface area contributed by atoms with Crippen molar-refractivity contribution < 1.29 is 9.47 Å². The SMILES string of the molecule is CCOCCOCc1cccc(CNC(=NC)NCc2ccc(Cl)cc2)c1.I. The maximum Gasteiger partial charge on any atom is 0.191 e. The molecule has 0 atom stereocenters. The van der Waals surface area contributed by atoms with Gasteiger partial charge in [0.05, 0.1) is 19.8 Å². The minimum Gasteiger partial charge on any atom is -0.379 e. The summed E-state index contributed by atoms with van der Waals surface area (Å²) in [5, 5.41) is 7.37. The number of aliphatic imine (C=N–C) groups is 1. The summed E-state index contributed by atoms with van der Waals surface area (Å²) < 4.78 is 10.9. The molecule has 5 nitrogen and oxygen atoms in total. The number of benzene rings is 2. The first-order valence-electron chi connectivity index (χ1n) is 9.13. The lowest BCUT2D eigenvalue weighted by Crippen LogP contribution is -2.36.